The Bertz CT molecular complexity index is 682. The van der Waals surface area contributed by atoms with Crippen LogP contribution < -0.4 is 10.6 Å². The van der Waals surface area contributed by atoms with E-state index in [4.69, 9.17) is 23.2 Å². The molecule has 4 nitrogen and oxygen atoms in total. The fourth-order valence-electron chi connectivity index (χ4n) is 1.99. The first-order valence-electron chi connectivity index (χ1n) is 6.70. The molecule has 2 aromatic rings. The van der Waals surface area contributed by atoms with E-state index in [9.17, 15) is 4.39 Å². The fraction of sp³-hybridized carbons (Fsp3) is 0.267. The largest absolute Gasteiger partial charge is 0.352 e. The molecule has 0 aliphatic heterocycles. The summed E-state index contributed by atoms with van der Waals surface area (Å²) in [6, 6.07) is 8.23. The van der Waals surface area contributed by atoms with E-state index in [-0.39, 0.29) is 5.82 Å². The average Bonchev–Trinajstić information content (AvgIpc) is 2.75. The zero-order valence-corrected chi connectivity index (χ0v) is 13.8. The minimum absolute atomic E-state index is 0.254. The maximum absolute atomic E-state index is 13.1. The van der Waals surface area contributed by atoms with Crippen LogP contribution in [0.15, 0.2) is 35.3 Å². The van der Waals surface area contributed by atoms with Gasteiger partial charge in [-0.3, -0.25) is 4.99 Å². The molecule has 1 aromatic carbocycles. The molecule has 118 valence electrons. The predicted octanol–water partition coefficient (Wildman–Crippen LogP) is 3.34. The second-order valence-electron chi connectivity index (χ2n) is 4.74. The van der Waals surface area contributed by atoms with Crippen LogP contribution in [0.3, 0.4) is 0 Å². The third-order valence-electron chi connectivity index (χ3n) is 3.23. The Labute approximate surface area is 138 Å². The van der Waals surface area contributed by atoms with Gasteiger partial charge in [-0.05, 0) is 23.8 Å². The molecular formula is C15H17Cl2FN4. The fourth-order valence-corrected chi connectivity index (χ4v) is 2.40. The van der Waals surface area contributed by atoms with Crippen molar-refractivity contribution in [2.45, 2.75) is 13.1 Å². The van der Waals surface area contributed by atoms with E-state index in [1.54, 1.807) is 23.7 Å². The first-order chi connectivity index (χ1) is 10.5. The van der Waals surface area contributed by atoms with E-state index < -0.39 is 0 Å². The molecule has 0 aliphatic rings. The van der Waals surface area contributed by atoms with Crippen molar-refractivity contribution < 1.29 is 4.39 Å². The highest BCUT2D eigenvalue weighted by Crippen LogP contribution is 2.24. The van der Waals surface area contributed by atoms with E-state index in [2.05, 4.69) is 15.6 Å². The lowest BCUT2D eigenvalue weighted by Gasteiger charge is -2.12. The number of benzene rings is 1. The first-order valence-corrected chi connectivity index (χ1v) is 7.45. The summed E-state index contributed by atoms with van der Waals surface area (Å²) in [5.74, 6) is 0.355. The molecule has 0 atom stereocenters. The molecule has 2 N–H and O–H groups in total. The van der Waals surface area contributed by atoms with Crippen LogP contribution in [0.25, 0.3) is 0 Å². The molecule has 1 heterocycles. The molecule has 0 bridgehead atoms. The van der Waals surface area contributed by atoms with Gasteiger partial charge in [-0.15, -0.1) is 0 Å². The van der Waals surface area contributed by atoms with Crippen LogP contribution >= 0.6 is 23.2 Å². The van der Waals surface area contributed by atoms with Crippen molar-refractivity contribution in [3.63, 3.8) is 0 Å². The van der Waals surface area contributed by atoms with Crippen LogP contribution in [-0.4, -0.2) is 17.6 Å². The molecule has 0 spiro atoms. The van der Waals surface area contributed by atoms with E-state index in [1.165, 1.54) is 12.1 Å². The van der Waals surface area contributed by atoms with E-state index >= 15 is 0 Å². The van der Waals surface area contributed by atoms with Gasteiger partial charge in [-0.2, -0.15) is 0 Å². The van der Waals surface area contributed by atoms with Gasteiger partial charge in [0.05, 0.1) is 11.6 Å². The monoisotopic (exact) mass is 342 g/mol. The molecule has 0 saturated carbocycles. The van der Waals surface area contributed by atoms with E-state index in [0.717, 1.165) is 11.3 Å². The second kappa shape index (κ2) is 7.51. The SMILES string of the molecule is CN=C(NCc1cccc(F)c1)NCc1cc(Cl)c(Cl)n1C. The number of halogens is 3. The van der Waals surface area contributed by atoms with Crippen molar-refractivity contribution in [1.29, 1.82) is 0 Å². The molecule has 0 saturated heterocycles. The Morgan fingerprint density at radius 1 is 1.23 bits per heavy atom. The highest BCUT2D eigenvalue weighted by atomic mass is 35.5. The van der Waals surface area contributed by atoms with Crippen LogP contribution in [0.2, 0.25) is 10.2 Å². The Kier molecular flexibility index (Phi) is 5.69. The lowest BCUT2D eigenvalue weighted by atomic mass is 10.2. The van der Waals surface area contributed by atoms with Crippen LogP contribution in [0.4, 0.5) is 4.39 Å². The topological polar surface area (TPSA) is 41.4 Å². The number of aromatic nitrogens is 1. The van der Waals surface area contributed by atoms with Crippen LogP contribution in [0, 0.1) is 5.82 Å². The third-order valence-corrected chi connectivity index (χ3v) is 4.07. The lowest BCUT2D eigenvalue weighted by molar-refractivity contribution is 0.624. The van der Waals surface area contributed by atoms with Crippen LogP contribution in [0.1, 0.15) is 11.3 Å². The summed E-state index contributed by atoms with van der Waals surface area (Å²) in [5.41, 5.74) is 1.77. The van der Waals surface area contributed by atoms with Gasteiger partial charge < -0.3 is 15.2 Å². The van der Waals surface area contributed by atoms with Crippen molar-refractivity contribution in [3.8, 4) is 0 Å². The summed E-state index contributed by atoms with van der Waals surface area (Å²) in [5, 5.41) is 7.30. The highest BCUT2D eigenvalue weighted by Gasteiger charge is 2.09. The van der Waals surface area contributed by atoms with E-state index in [0.29, 0.717) is 29.2 Å². The van der Waals surface area contributed by atoms with Crippen molar-refractivity contribution in [2.24, 2.45) is 12.0 Å². The Hall–Kier alpha value is -1.72. The zero-order chi connectivity index (χ0) is 16.1. The van der Waals surface area contributed by atoms with Crippen molar-refractivity contribution >= 4 is 29.2 Å². The van der Waals surface area contributed by atoms with Gasteiger partial charge in [0.15, 0.2) is 5.96 Å². The second-order valence-corrected chi connectivity index (χ2v) is 5.51. The predicted molar refractivity (Wildman–Crippen MR) is 88.9 cm³/mol. The summed E-state index contributed by atoms with van der Waals surface area (Å²) in [4.78, 5) is 4.12. The van der Waals surface area contributed by atoms with Crippen molar-refractivity contribution in [2.75, 3.05) is 7.05 Å². The molecule has 0 fully saturated rings. The summed E-state index contributed by atoms with van der Waals surface area (Å²) < 4.78 is 14.9. The molecule has 2 rings (SSSR count). The van der Waals surface area contributed by atoms with Crippen LogP contribution in [0.5, 0.6) is 0 Å². The number of guanidine groups is 1. The van der Waals surface area contributed by atoms with Gasteiger partial charge >= 0.3 is 0 Å². The van der Waals surface area contributed by atoms with Gasteiger partial charge in [0, 0.05) is 26.3 Å². The third kappa shape index (κ3) is 4.15. The molecule has 0 unspecified atom stereocenters. The molecule has 1 aromatic heterocycles. The minimum Gasteiger partial charge on any atom is -0.352 e. The smallest absolute Gasteiger partial charge is 0.191 e. The molecule has 0 aliphatic carbocycles. The maximum atomic E-state index is 13.1. The standard InChI is InChI=1S/C15H17Cl2FN4/c1-19-15(20-8-10-4-3-5-11(18)6-10)21-9-12-7-13(16)14(17)22(12)2/h3-7H,8-9H2,1-2H3,(H2,19,20,21). The number of nitrogens with zero attached hydrogens (tertiary/aromatic N) is 2. The lowest BCUT2D eigenvalue weighted by Crippen LogP contribution is -2.36. The normalized spacial score (nSPS) is 11.6. The molecule has 0 radical (unpaired) electrons. The maximum Gasteiger partial charge on any atom is 0.191 e. The van der Waals surface area contributed by atoms with Gasteiger partial charge in [0.2, 0.25) is 0 Å². The van der Waals surface area contributed by atoms with E-state index in [1.807, 2.05) is 13.1 Å². The Balaban J connectivity index is 1.91. The summed E-state index contributed by atoms with van der Waals surface area (Å²) in [6.07, 6.45) is 0. The van der Waals surface area contributed by atoms with Gasteiger partial charge in [0.25, 0.3) is 0 Å². The number of nitrogens with one attached hydrogen (secondary N) is 2. The molecular weight excluding hydrogens is 326 g/mol. The molecule has 7 heteroatoms. The van der Waals surface area contributed by atoms with Crippen molar-refractivity contribution in [3.05, 3.63) is 57.6 Å². The Morgan fingerprint density at radius 3 is 2.55 bits per heavy atom. The number of hydrogen-bond donors (Lipinski definition) is 2. The summed E-state index contributed by atoms with van der Waals surface area (Å²) in [7, 11) is 3.51. The molecule has 0 amide bonds. The summed E-state index contributed by atoms with van der Waals surface area (Å²) in [6.45, 7) is 0.998. The Morgan fingerprint density at radius 2 is 1.95 bits per heavy atom. The first kappa shape index (κ1) is 16.6. The van der Waals surface area contributed by atoms with Gasteiger partial charge in [-0.25, -0.2) is 4.39 Å². The minimum atomic E-state index is -0.254. The number of aliphatic imine (C=N–C) groups is 1. The highest BCUT2D eigenvalue weighted by molar-refractivity contribution is 6.41. The van der Waals surface area contributed by atoms with Crippen LogP contribution in [-0.2, 0) is 20.1 Å². The van der Waals surface area contributed by atoms with Crippen molar-refractivity contribution in [1.82, 2.24) is 15.2 Å². The quantitative estimate of drug-likeness (QED) is 0.660. The molecule has 22 heavy (non-hydrogen) atoms. The number of rotatable bonds is 4. The summed E-state index contributed by atoms with van der Waals surface area (Å²) >= 11 is 12.0. The van der Waals surface area contributed by atoms with Gasteiger partial charge in [-0.1, -0.05) is 35.3 Å². The number of hydrogen-bond acceptors (Lipinski definition) is 1. The van der Waals surface area contributed by atoms with Gasteiger partial charge in [0.1, 0.15) is 11.0 Å². The average molecular weight is 343 g/mol. The zero-order valence-electron chi connectivity index (χ0n) is 12.3.